The zero-order chi connectivity index (χ0) is 15.2. The number of carboxylic acid groups (broad SMARTS) is 1. The molecule has 0 aromatic heterocycles. The number of carbonyl (C=O) groups is 2. The van der Waals surface area contributed by atoms with Crippen LogP contribution >= 0.6 is 12.4 Å². The maximum absolute atomic E-state index is 11.9. The summed E-state index contributed by atoms with van der Waals surface area (Å²) in [6, 6.07) is 8.07. The Labute approximate surface area is 137 Å². The number of nitrogens with zero attached hydrogens (tertiary/aromatic N) is 1. The lowest BCUT2D eigenvalue weighted by atomic mass is 9.97. The van der Waals surface area contributed by atoms with Gasteiger partial charge in [0.25, 0.3) is 0 Å². The van der Waals surface area contributed by atoms with Gasteiger partial charge in [0.2, 0.25) is 5.91 Å². The van der Waals surface area contributed by atoms with Gasteiger partial charge < -0.3 is 10.4 Å². The molecule has 0 saturated carbocycles. The van der Waals surface area contributed by atoms with Crippen molar-refractivity contribution in [3.63, 3.8) is 0 Å². The van der Waals surface area contributed by atoms with E-state index >= 15 is 0 Å². The van der Waals surface area contributed by atoms with Crippen LogP contribution in [0.2, 0.25) is 0 Å². The second kappa shape index (κ2) is 8.76. The summed E-state index contributed by atoms with van der Waals surface area (Å²) in [5.41, 5.74) is 2.28. The van der Waals surface area contributed by atoms with Crippen LogP contribution in [0.1, 0.15) is 24.0 Å². The molecule has 1 aliphatic heterocycles. The summed E-state index contributed by atoms with van der Waals surface area (Å²) in [5.74, 6) is -0.986. The first-order valence-electron chi connectivity index (χ1n) is 7.32. The maximum Gasteiger partial charge on any atom is 0.306 e. The van der Waals surface area contributed by atoms with E-state index in [1.165, 1.54) is 5.56 Å². The van der Waals surface area contributed by atoms with Crippen molar-refractivity contribution in [3.05, 3.63) is 35.4 Å². The summed E-state index contributed by atoms with van der Waals surface area (Å²) in [5, 5.41) is 11.8. The molecule has 2 N–H and O–H groups in total. The maximum atomic E-state index is 11.9. The summed E-state index contributed by atoms with van der Waals surface area (Å²) < 4.78 is 0. The van der Waals surface area contributed by atoms with Gasteiger partial charge in [0.15, 0.2) is 0 Å². The van der Waals surface area contributed by atoms with Gasteiger partial charge >= 0.3 is 5.97 Å². The Balaban J connectivity index is 0.00000242. The highest BCUT2D eigenvalue weighted by Crippen LogP contribution is 2.16. The van der Waals surface area contributed by atoms with E-state index in [4.69, 9.17) is 5.11 Å². The van der Waals surface area contributed by atoms with Crippen LogP contribution in [-0.4, -0.2) is 41.5 Å². The number of aliphatic carboxylic acids is 1. The Morgan fingerprint density at radius 1 is 1.23 bits per heavy atom. The van der Waals surface area contributed by atoms with Crippen LogP contribution in [0.4, 0.5) is 0 Å². The van der Waals surface area contributed by atoms with Gasteiger partial charge in [0, 0.05) is 6.54 Å². The number of halogens is 1. The average molecular weight is 327 g/mol. The van der Waals surface area contributed by atoms with Crippen molar-refractivity contribution >= 4 is 24.3 Å². The van der Waals surface area contributed by atoms with E-state index in [1.54, 1.807) is 0 Å². The molecule has 0 spiro atoms. The third-order valence-corrected chi connectivity index (χ3v) is 3.91. The minimum Gasteiger partial charge on any atom is -0.481 e. The first kappa shape index (κ1) is 18.5. The molecule has 0 radical (unpaired) electrons. The highest BCUT2D eigenvalue weighted by molar-refractivity contribution is 5.85. The largest absolute Gasteiger partial charge is 0.481 e. The second-order valence-corrected chi connectivity index (χ2v) is 5.65. The number of carboxylic acids is 1. The Morgan fingerprint density at radius 3 is 2.36 bits per heavy atom. The summed E-state index contributed by atoms with van der Waals surface area (Å²) in [6.07, 6.45) is 1.25. The molecule has 0 bridgehead atoms. The number of carbonyl (C=O) groups excluding carboxylic acids is 1. The standard InChI is InChI=1S/C16H22N2O3.ClH/c1-12-2-4-13(5-3-12)10-17-15(19)11-18-8-6-14(7-9-18)16(20)21;/h2-5,14H,6-11H2,1H3,(H,17,19)(H,20,21);1H. The molecule has 22 heavy (non-hydrogen) atoms. The zero-order valence-corrected chi connectivity index (χ0v) is 13.6. The Kier molecular flexibility index (Phi) is 7.35. The fourth-order valence-electron chi connectivity index (χ4n) is 2.50. The normalized spacial score (nSPS) is 15.9. The minimum atomic E-state index is -0.724. The molecule has 1 heterocycles. The Hall–Kier alpha value is -1.59. The lowest BCUT2D eigenvalue weighted by Gasteiger charge is -2.29. The summed E-state index contributed by atoms with van der Waals surface area (Å²) in [6.45, 7) is 4.26. The first-order valence-corrected chi connectivity index (χ1v) is 7.32. The molecule has 6 heteroatoms. The van der Waals surface area contributed by atoms with Gasteiger partial charge in [0.1, 0.15) is 0 Å². The number of benzene rings is 1. The number of hydrogen-bond donors (Lipinski definition) is 2. The van der Waals surface area contributed by atoms with Crippen LogP contribution in [0, 0.1) is 12.8 Å². The second-order valence-electron chi connectivity index (χ2n) is 5.65. The Bertz CT molecular complexity index is 497. The third kappa shape index (κ3) is 5.66. The average Bonchev–Trinajstić information content (AvgIpc) is 2.47. The van der Waals surface area contributed by atoms with E-state index in [0.29, 0.717) is 39.0 Å². The van der Waals surface area contributed by atoms with E-state index in [0.717, 1.165) is 5.56 Å². The fourth-order valence-corrected chi connectivity index (χ4v) is 2.50. The van der Waals surface area contributed by atoms with E-state index in [1.807, 2.05) is 36.1 Å². The van der Waals surface area contributed by atoms with Gasteiger partial charge in [-0.3, -0.25) is 14.5 Å². The van der Waals surface area contributed by atoms with Crippen molar-refractivity contribution < 1.29 is 14.7 Å². The van der Waals surface area contributed by atoms with Crippen molar-refractivity contribution in [2.75, 3.05) is 19.6 Å². The fraction of sp³-hybridized carbons (Fsp3) is 0.500. The SMILES string of the molecule is Cc1ccc(CNC(=O)CN2CCC(C(=O)O)CC2)cc1.Cl. The molecule has 1 saturated heterocycles. The van der Waals surface area contributed by atoms with Crippen LogP contribution in [0.15, 0.2) is 24.3 Å². The molecule has 1 aliphatic rings. The molecule has 1 fully saturated rings. The molecule has 0 unspecified atom stereocenters. The number of hydrogen-bond acceptors (Lipinski definition) is 3. The van der Waals surface area contributed by atoms with Crippen molar-refractivity contribution in [2.45, 2.75) is 26.3 Å². The summed E-state index contributed by atoms with van der Waals surface area (Å²) >= 11 is 0. The predicted molar refractivity (Wildman–Crippen MR) is 87.1 cm³/mol. The molecular formula is C16H23ClN2O3. The van der Waals surface area contributed by atoms with Crippen molar-refractivity contribution in [1.29, 1.82) is 0 Å². The van der Waals surface area contributed by atoms with E-state index in [2.05, 4.69) is 5.32 Å². The summed E-state index contributed by atoms with van der Waals surface area (Å²) in [7, 11) is 0. The van der Waals surface area contributed by atoms with Gasteiger partial charge in [-0.2, -0.15) is 0 Å². The minimum absolute atomic E-state index is 0. The summed E-state index contributed by atoms with van der Waals surface area (Å²) in [4.78, 5) is 24.8. The van der Waals surface area contributed by atoms with Crippen LogP contribution in [0.25, 0.3) is 0 Å². The van der Waals surface area contributed by atoms with Gasteiger partial charge in [-0.15, -0.1) is 12.4 Å². The van der Waals surface area contributed by atoms with E-state index in [-0.39, 0.29) is 24.2 Å². The number of likely N-dealkylation sites (tertiary alicyclic amines) is 1. The van der Waals surface area contributed by atoms with E-state index < -0.39 is 5.97 Å². The predicted octanol–water partition coefficient (Wildman–Crippen LogP) is 1.83. The number of aryl methyl sites for hydroxylation is 1. The molecule has 1 amide bonds. The molecule has 2 rings (SSSR count). The highest BCUT2D eigenvalue weighted by Gasteiger charge is 2.25. The molecule has 0 atom stereocenters. The first-order chi connectivity index (χ1) is 10.0. The number of rotatable bonds is 5. The molecule has 122 valence electrons. The number of nitrogens with one attached hydrogen (secondary N) is 1. The lowest BCUT2D eigenvalue weighted by Crippen LogP contribution is -2.42. The molecule has 0 aliphatic carbocycles. The topological polar surface area (TPSA) is 69.6 Å². The Morgan fingerprint density at radius 2 is 1.82 bits per heavy atom. The van der Waals surface area contributed by atoms with Crippen molar-refractivity contribution in [1.82, 2.24) is 10.2 Å². The van der Waals surface area contributed by atoms with Crippen molar-refractivity contribution in [2.24, 2.45) is 5.92 Å². The van der Waals surface area contributed by atoms with Gasteiger partial charge in [-0.25, -0.2) is 0 Å². The van der Waals surface area contributed by atoms with E-state index in [9.17, 15) is 9.59 Å². The highest BCUT2D eigenvalue weighted by atomic mass is 35.5. The van der Waals surface area contributed by atoms with Gasteiger partial charge in [-0.05, 0) is 38.4 Å². The van der Waals surface area contributed by atoms with Crippen LogP contribution in [-0.2, 0) is 16.1 Å². The molecule has 1 aromatic rings. The number of piperidine rings is 1. The monoisotopic (exact) mass is 326 g/mol. The lowest BCUT2D eigenvalue weighted by molar-refractivity contribution is -0.143. The van der Waals surface area contributed by atoms with Crippen molar-refractivity contribution in [3.8, 4) is 0 Å². The zero-order valence-electron chi connectivity index (χ0n) is 12.7. The molecule has 5 nitrogen and oxygen atoms in total. The molecular weight excluding hydrogens is 304 g/mol. The molecule has 1 aromatic carbocycles. The van der Waals surface area contributed by atoms with Crippen LogP contribution in [0.3, 0.4) is 0 Å². The van der Waals surface area contributed by atoms with Gasteiger partial charge in [0.05, 0.1) is 12.5 Å². The van der Waals surface area contributed by atoms with Crippen LogP contribution in [0.5, 0.6) is 0 Å². The number of amides is 1. The quantitative estimate of drug-likeness (QED) is 0.866. The van der Waals surface area contributed by atoms with Crippen LogP contribution < -0.4 is 5.32 Å². The van der Waals surface area contributed by atoms with Gasteiger partial charge in [-0.1, -0.05) is 29.8 Å². The third-order valence-electron chi connectivity index (χ3n) is 3.91. The smallest absolute Gasteiger partial charge is 0.306 e.